The van der Waals surface area contributed by atoms with Gasteiger partial charge in [-0.15, -0.1) is 11.3 Å². The molecular weight excluding hydrogens is 308 g/mol. The summed E-state index contributed by atoms with van der Waals surface area (Å²) in [7, 11) is 0. The fraction of sp³-hybridized carbons (Fsp3) is 0.222. The molecule has 1 aromatic carbocycles. The molecule has 0 bridgehead atoms. The van der Waals surface area contributed by atoms with Gasteiger partial charge in [0.25, 0.3) is 5.56 Å². The number of hydrogen-bond acceptors (Lipinski definition) is 3. The van der Waals surface area contributed by atoms with Crippen molar-refractivity contribution in [3.63, 3.8) is 0 Å². The average molecular weight is 326 g/mol. The van der Waals surface area contributed by atoms with Gasteiger partial charge < -0.3 is 10.3 Å². The van der Waals surface area contributed by atoms with Crippen molar-refractivity contribution >= 4 is 28.1 Å². The van der Waals surface area contributed by atoms with Crippen molar-refractivity contribution in [3.05, 3.63) is 67.6 Å². The molecule has 23 heavy (non-hydrogen) atoms. The van der Waals surface area contributed by atoms with E-state index >= 15 is 0 Å². The van der Waals surface area contributed by atoms with Crippen LogP contribution in [-0.2, 0) is 17.8 Å². The van der Waals surface area contributed by atoms with Crippen LogP contribution in [0, 0.1) is 13.8 Å². The van der Waals surface area contributed by atoms with E-state index in [4.69, 9.17) is 0 Å². The molecule has 5 heteroatoms. The number of carbonyl (C=O) groups excluding carboxylic acids is 1. The first-order chi connectivity index (χ1) is 11.0. The molecule has 4 nitrogen and oxygen atoms in total. The van der Waals surface area contributed by atoms with Crippen LogP contribution in [0.4, 0.5) is 0 Å². The van der Waals surface area contributed by atoms with Crippen molar-refractivity contribution < 1.29 is 4.79 Å². The molecule has 0 aliphatic heterocycles. The Morgan fingerprint density at radius 3 is 2.83 bits per heavy atom. The van der Waals surface area contributed by atoms with E-state index in [1.165, 1.54) is 0 Å². The lowest BCUT2D eigenvalue weighted by atomic mass is 10.0. The number of carbonyl (C=O) groups is 1. The third kappa shape index (κ3) is 3.35. The first-order valence-electron chi connectivity index (χ1n) is 7.46. The second-order valence-electron chi connectivity index (χ2n) is 5.63. The SMILES string of the molecule is Cc1ccc2cc(CNC(=O)Cc3cccs3)c(=O)[nH]c2c1C. The van der Waals surface area contributed by atoms with Crippen LogP contribution in [0.2, 0.25) is 0 Å². The normalized spacial score (nSPS) is 10.9. The minimum Gasteiger partial charge on any atom is -0.352 e. The zero-order valence-corrected chi connectivity index (χ0v) is 13.9. The Bertz CT molecular complexity index is 911. The molecule has 0 saturated carbocycles. The lowest BCUT2D eigenvalue weighted by molar-refractivity contribution is -0.120. The van der Waals surface area contributed by atoms with E-state index in [0.717, 1.165) is 26.9 Å². The van der Waals surface area contributed by atoms with Gasteiger partial charge in [-0.1, -0.05) is 18.2 Å². The van der Waals surface area contributed by atoms with Gasteiger partial charge in [-0.2, -0.15) is 0 Å². The topological polar surface area (TPSA) is 62.0 Å². The van der Waals surface area contributed by atoms with Crippen LogP contribution in [0.1, 0.15) is 21.6 Å². The number of nitrogens with one attached hydrogen (secondary N) is 2. The maximum Gasteiger partial charge on any atom is 0.253 e. The highest BCUT2D eigenvalue weighted by molar-refractivity contribution is 7.10. The van der Waals surface area contributed by atoms with Crippen LogP contribution in [-0.4, -0.2) is 10.9 Å². The van der Waals surface area contributed by atoms with Gasteiger partial charge in [-0.25, -0.2) is 0 Å². The molecule has 3 aromatic rings. The molecule has 3 rings (SSSR count). The highest BCUT2D eigenvalue weighted by Gasteiger charge is 2.09. The molecule has 0 spiro atoms. The summed E-state index contributed by atoms with van der Waals surface area (Å²) in [5, 5.41) is 5.74. The molecule has 0 aliphatic carbocycles. The Morgan fingerprint density at radius 1 is 1.26 bits per heavy atom. The van der Waals surface area contributed by atoms with Gasteiger partial charge in [-0.3, -0.25) is 9.59 Å². The maximum atomic E-state index is 12.2. The number of benzene rings is 1. The third-order valence-electron chi connectivity index (χ3n) is 4.02. The van der Waals surface area contributed by atoms with Gasteiger partial charge in [0, 0.05) is 17.0 Å². The summed E-state index contributed by atoms with van der Waals surface area (Å²) in [6.07, 6.45) is 0.349. The number of H-pyrrole nitrogens is 1. The minimum absolute atomic E-state index is 0.0768. The zero-order valence-electron chi connectivity index (χ0n) is 13.1. The monoisotopic (exact) mass is 326 g/mol. The van der Waals surface area contributed by atoms with Crippen molar-refractivity contribution in [1.82, 2.24) is 10.3 Å². The summed E-state index contributed by atoms with van der Waals surface area (Å²) in [5.41, 5.74) is 3.50. The first-order valence-corrected chi connectivity index (χ1v) is 8.34. The lowest BCUT2D eigenvalue weighted by Gasteiger charge is -2.08. The van der Waals surface area contributed by atoms with E-state index in [-0.39, 0.29) is 18.0 Å². The minimum atomic E-state index is -0.150. The Morgan fingerprint density at radius 2 is 2.09 bits per heavy atom. The second-order valence-corrected chi connectivity index (χ2v) is 6.66. The van der Waals surface area contributed by atoms with Crippen molar-refractivity contribution in [2.45, 2.75) is 26.8 Å². The molecule has 118 valence electrons. The van der Waals surface area contributed by atoms with Crippen LogP contribution < -0.4 is 10.9 Å². The van der Waals surface area contributed by atoms with E-state index < -0.39 is 0 Å². The Kier molecular flexibility index (Phi) is 4.30. The van der Waals surface area contributed by atoms with E-state index in [0.29, 0.717) is 12.0 Å². The van der Waals surface area contributed by atoms with Crippen molar-refractivity contribution in [3.8, 4) is 0 Å². The summed E-state index contributed by atoms with van der Waals surface area (Å²) in [5.74, 6) is -0.0768. The number of hydrogen-bond donors (Lipinski definition) is 2. The zero-order chi connectivity index (χ0) is 16.4. The van der Waals surface area contributed by atoms with Crippen LogP contribution in [0.15, 0.2) is 40.5 Å². The molecule has 0 saturated heterocycles. The number of amides is 1. The molecule has 0 radical (unpaired) electrons. The van der Waals surface area contributed by atoms with Crippen LogP contribution >= 0.6 is 11.3 Å². The van der Waals surface area contributed by atoms with Crippen LogP contribution in [0.25, 0.3) is 10.9 Å². The molecule has 2 aromatic heterocycles. The largest absolute Gasteiger partial charge is 0.352 e. The van der Waals surface area contributed by atoms with Gasteiger partial charge in [-0.05, 0) is 47.9 Å². The molecule has 0 aliphatic rings. The molecule has 0 fully saturated rings. The summed E-state index contributed by atoms with van der Waals surface area (Å²) >= 11 is 1.55. The van der Waals surface area contributed by atoms with Crippen molar-refractivity contribution in [2.75, 3.05) is 0 Å². The first kappa shape index (κ1) is 15.5. The predicted molar refractivity (Wildman–Crippen MR) is 93.9 cm³/mol. The van der Waals surface area contributed by atoms with Crippen LogP contribution in [0.5, 0.6) is 0 Å². The Labute approximate surface area is 138 Å². The predicted octanol–water partition coefficient (Wildman–Crippen LogP) is 3.07. The number of thiophene rings is 1. The number of aromatic amines is 1. The molecule has 0 unspecified atom stereocenters. The fourth-order valence-electron chi connectivity index (χ4n) is 2.53. The van der Waals surface area contributed by atoms with Gasteiger partial charge in [0.05, 0.1) is 11.9 Å². The van der Waals surface area contributed by atoms with E-state index in [2.05, 4.69) is 10.3 Å². The second kappa shape index (κ2) is 6.38. The lowest BCUT2D eigenvalue weighted by Crippen LogP contribution is -2.27. The molecule has 2 N–H and O–H groups in total. The van der Waals surface area contributed by atoms with E-state index in [1.807, 2.05) is 49.6 Å². The summed E-state index contributed by atoms with van der Waals surface area (Å²) in [4.78, 5) is 28.1. The van der Waals surface area contributed by atoms with Crippen molar-refractivity contribution in [1.29, 1.82) is 0 Å². The number of rotatable bonds is 4. The molecule has 2 heterocycles. The standard InChI is InChI=1S/C18H18N2O2S/c1-11-5-6-13-8-14(18(22)20-17(13)12(11)2)10-19-16(21)9-15-4-3-7-23-15/h3-8H,9-10H2,1-2H3,(H,19,21)(H,20,22). The molecule has 1 amide bonds. The molecular formula is C18H18N2O2S. The van der Waals surface area contributed by atoms with E-state index in [1.54, 1.807) is 11.3 Å². The summed E-state index contributed by atoms with van der Waals surface area (Å²) < 4.78 is 0. The number of pyridine rings is 1. The number of aryl methyl sites for hydroxylation is 2. The molecule has 0 atom stereocenters. The number of fused-ring (bicyclic) bond motifs is 1. The third-order valence-corrected chi connectivity index (χ3v) is 4.90. The Balaban J connectivity index is 1.78. The highest BCUT2D eigenvalue weighted by atomic mass is 32.1. The average Bonchev–Trinajstić information content (AvgIpc) is 3.03. The van der Waals surface area contributed by atoms with E-state index in [9.17, 15) is 9.59 Å². The fourth-order valence-corrected chi connectivity index (χ4v) is 3.23. The quantitative estimate of drug-likeness (QED) is 0.774. The maximum absolute atomic E-state index is 12.2. The van der Waals surface area contributed by atoms with Gasteiger partial charge >= 0.3 is 0 Å². The van der Waals surface area contributed by atoms with Gasteiger partial charge in [0.15, 0.2) is 0 Å². The smallest absolute Gasteiger partial charge is 0.253 e. The van der Waals surface area contributed by atoms with Crippen LogP contribution in [0.3, 0.4) is 0 Å². The number of aromatic nitrogens is 1. The summed E-state index contributed by atoms with van der Waals surface area (Å²) in [6.45, 7) is 4.25. The van der Waals surface area contributed by atoms with Gasteiger partial charge in [0.2, 0.25) is 5.91 Å². The summed E-state index contributed by atoms with van der Waals surface area (Å²) in [6, 6.07) is 9.73. The highest BCUT2D eigenvalue weighted by Crippen LogP contribution is 2.18. The Hall–Kier alpha value is -2.40. The van der Waals surface area contributed by atoms with Gasteiger partial charge in [0.1, 0.15) is 0 Å². The van der Waals surface area contributed by atoms with Crippen molar-refractivity contribution in [2.24, 2.45) is 0 Å².